The van der Waals surface area contributed by atoms with Gasteiger partial charge in [-0.15, -0.1) is 10.2 Å². The molecule has 0 radical (unpaired) electrons. The van der Waals surface area contributed by atoms with Crippen LogP contribution in [0.15, 0.2) is 66.7 Å². The molecule has 0 spiro atoms. The monoisotopic (exact) mass is 403 g/mol. The first-order valence-corrected chi connectivity index (χ1v) is 9.80. The van der Waals surface area contributed by atoms with Gasteiger partial charge in [0.1, 0.15) is 5.69 Å². The van der Waals surface area contributed by atoms with Gasteiger partial charge in [0.15, 0.2) is 5.82 Å². The molecule has 0 saturated carbocycles. The maximum absolute atomic E-state index is 12.8. The van der Waals surface area contributed by atoms with Gasteiger partial charge in [-0.2, -0.15) is 0 Å². The number of hydrogen-bond donors (Lipinski definition) is 1. The Morgan fingerprint density at radius 1 is 1.03 bits per heavy atom. The van der Waals surface area contributed by atoms with E-state index in [9.17, 15) is 14.9 Å². The van der Waals surface area contributed by atoms with Gasteiger partial charge in [-0.25, -0.2) is 0 Å². The van der Waals surface area contributed by atoms with E-state index in [1.165, 1.54) is 6.07 Å². The van der Waals surface area contributed by atoms with Gasteiger partial charge in [0.05, 0.1) is 16.5 Å². The maximum atomic E-state index is 12.8. The number of amides is 1. The van der Waals surface area contributed by atoms with Gasteiger partial charge < -0.3 is 10.2 Å². The molecule has 8 heteroatoms. The van der Waals surface area contributed by atoms with Crippen LogP contribution in [0.2, 0.25) is 0 Å². The molecule has 1 fully saturated rings. The van der Waals surface area contributed by atoms with Gasteiger partial charge in [0.25, 0.3) is 5.69 Å². The normalized spacial score (nSPS) is 16.1. The number of piperidine rings is 1. The number of hydrogen-bond acceptors (Lipinski definition) is 6. The number of nitro benzene ring substituents is 1. The average molecular weight is 403 g/mol. The molecule has 152 valence electrons. The maximum Gasteiger partial charge on any atom is 0.292 e. The largest absolute Gasteiger partial charge is 0.354 e. The molecule has 3 aromatic rings. The Morgan fingerprint density at radius 2 is 1.80 bits per heavy atom. The van der Waals surface area contributed by atoms with Crippen LogP contribution in [-0.4, -0.2) is 34.1 Å². The van der Waals surface area contributed by atoms with Crippen molar-refractivity contribution in [1.82, 2.24) is 10.2 Å². The molecule has 4 rings (SSSR count). The smallest absolute Gasteiger partial charge is 0.292 e. The third-order valence-electron chi connectivity index (χ3n) is 5.19. The third-order valence-corrected chi connectivity index (χ3v) is 5.19. The zero-order chi connectivity index (χ0) is 20.9. The Kier molecular flexibility index (Phi) is 5.65. The van der Waals surface area contributed by atoms with Crippen molar-refractivity contribution in [2.24, 2.45) is 5.92 Å². The van der Waals surface area contributed by atoms with Crippen molar-refractivity contribution < 1.29 is 9.72 Å². The Morgan fingerprint density at radius 3 is 2.53 bits per heavy atom. The first kappa shape index (κ1) is 19.5. The minimum atomic E-state index is -0.493. The van der Waals surface area contributed by atoms with Crippen LogP contribution < -0.4 is 10.2 Å². The molecular formula is C22H21N5O3. The summed E-state index contributed by atoms with van der Waals surface area (Å²) >= 11 is 0. The lowest BCUT2D eigenvalue weighted by Gasteiger charge is -2.32. The van der Waals surface area contributed by atoms with E-state index in [2.05, 4.69) is 15.5 Å². The number of carbonyl (C=O) groups is 1. The summed E-state index contributed by atoms with van der Waals surface area (Å²) in [7, 11) is 0. The summed E-state index contributed by atoms with van der Waals surface area (Å²) < 4.78 is 0. The first-order chi connectivity index (χ1) is 14.6. The molecular weight excluding hydrogens is 382 g/mol. The van der Waals surface area contributed by atoms with Crippen molar-refractivity contribution in [1.29, 1.82) is 0 Å². The number of carbonyl (C=O) groups excluding carboxylic acids is 1. The number of nitrogens with zero attached hydrogens (tertiary/aromatic N) is 4. The molecule has 0 bridgehead atoms. The summed E-state index contributed by atoms with van der Waals surface area (Å²) in [5.41, 5.74) is 1.90. The quantitative estimate of drug-likeness (QED) is 0.512. The van der Waals surface area contributed by atoms with Crippen LogP contribution in [0.4, 0.5) is 17.2 Å². The van der Waals surface area contributed by atoms with E-state index in [1.54, 1.807) is 18.2 Å². The van der Waals surface area contributed by atoms with E-state index in [-0.39, 0.29) is 23.2 Å². The Labute approximate surface area is 173 Å². The average Bonchev–Trinajstić information content (AvgIpc) is 2.80. The van der Waals surface area contributed by atoms with E-state index in [4.69, 9.17) is 0 Å². The van der Waals surface area contributed by atoms with Crippen LogP contribution in [0.1, 0.15) is 12.8 Å². The fourth-order valence-electron chi connectivity index (χ4n) is 3.63. The van der Waals surface area contributed by atoms with Crippen LogP contribution in [0.5, 0.6) is 0 Å². The number of nitrogens with one attached hydrogen (secondary N) is 1. The van der Waals surface area contributed by atoms with Crippen molar-refractivity contribution in [2.75, 3.05) is 23.3 Å². The second-order valence-corrected chi connectivity index (χ2v) is 7.19. The van der Waals surface area contributed by atoms with Crippen molar-refractivity contribution >= 4 is 23.1 Å². The summed E-state index contributed by atoms with van der Waals surface area (Å²) in [6, 6.07) is 19.8. The highest BCUT2D eigenvalue weighted by Gasteiger charge is 2.28. The number of nitro groups is 1. The van der Waals surface area contributed by atoms with Crippen LogP contribution in [0, 0.1) is 16.0 Å². The zero-order valence-corrected chi connectivity index (χ0v) is 16.3. The minimum Gasteiger partial charge on any atom is -0.354 e. The van der Waals surface area contributed by atoms with Gasteiger partial charge in [-0.05, 0) is 31.0 Å². The van der Waals surface area contributed by atoms with Crippen molar-refractivity contribution in [2.45, 2.75) is 12.8 Å². The van der Waals surface area contributed by atoms with Gasteiger partial charge in [-0.3, -0.25) is 14.9 Å². The van der Waals surface area contributed by atoms with Gasteiger partial charge in [0, 0.05) is 24.7 Å². The topological polar surface area (TPSA) is 101 Å². The summed E-state index contributed by atoms with van der Waals surface area (Å²) in [6.07, 6.45) is 1.55. The molecule has 1 aromatic heterocycles. The van der Waals surface area contributed by atoms with Crippen LogP contribution in [-0.2, 0) is 4.79 Å². The fourth-order valence-corrected chi connectivity index (χ4v) is 3.63. The van der Waals surface area contributed by atoms with E-state index < -0.39 is 4.92 Å². The zero-order valence-electron chi connectivity index (χ0n) is 16.3. The molecule has 1 atom stereocenters. The van der Waals surface area contributed by atoms with Crippen molar-refractivity contribution in [3.63, 3.8) is 0 Å². The summed E-state index contributed by atoms with van der Waals surface area (Å²) in [6.45, 7) is 1.28. The summed E-state index contributed by atoms with van der Waals surface area (Å²) in [4.78, 5) is 25.5. The number of rotatable bonds is 5. The Hall–Kier alpha value is -3.81. The van der Waals surface area contributed by atoms with Crippen LogP contribution >= 0.6 is 0 Å². The highest BCUT2D eigenvalue weighted by Crippen LogP contribution is 2.27. The lowest BCUT2D eigenvalue weighted by atomic mass is 9.97. The molecule has 0 unspecified atom stereocenters. The van der Waals surface area contributed by atoms with E-state index >= 15 is 0 Å². The second kappa shape index (κ2) is 8.69. The van der Waals surface area contributed by atoms with Crippen molar-refractivity contribution in [3.05, 3.63) is 76.8 Å². The molecule has 2 heterocycles. The first-order valence-electron chi connectivity index (χ1n) is 9.80. The number of benzene rings is 2. The van der Waals surface area contributed by atoms with Crippen LogP contribution in [0.3, 0.4) is 0 Å². The third kappa shape index (κ3) is 4.27. The molecule has 1 amide bonds. The van der Waals surface area contributed by atoms with Gasteiger partial charge >= 0.3 is 0 Å². The predicted molar refractivity (Wildman–Crippen MR) is 114 cm³/mol. The summed E-state index contributed by atoms with van der Waals surface area (Å²) in [5, 5.41) is 22.6. The Balaban J connectivity index is 1.44. The summed E-state index contributed by atoms with van der Waals surface area (Å²) in [5.74, 6) is 0.217. The standard InChI is InChI=1S/C22H21N5O3/c28-22(23-19-10-4-5-11-20(19)27(29)30)17-9-6-14-26(15-17)21-13-12-18(24-25-21)16-7-2-1-3-8-16/h1-5,7-8,10-13,17H,6,9,14-15H2,(H,23,28)/t17-/m0/s1. The molecule has 8 nitrogen and oxygen atoms in total. The molecule has 1 N–H and O–H groups in total. The predicted octanol–water partition coefficient (Wildman–Crippen LogP) is 3.91. The molecule has 2 aromatic carbocycles. The van der Waals surface area contributed by atoms with Crippen molar-refractivity contribution in [3.8, 4) is 11.3 Å². The highest BCUT2D eigenvalue weighted by molar-refractivity contribution is 5.95. The fraction of sp³-hybridized carbons (Fsp3) is 0.227. The van der Waals surface area contributed by atoms with E-state index in [1.807, 2.05) is 47.4 Å². The highest BCUT2D eigenvalue weighted by atomic mass is 16.6. The van der Waals surface area contributed by atoms with E-state index in [0.29, 0.717) is 6.54 Å². The van der Waals surface area contributed by atoms with Gasteiger partial charge in [-0.1, -0.05) is 42.5 Å². The second-order valence-electron chi connectivity index (χ2n) is 7.19. The lowest BCUT2D eigenvalue weighted by molar-refractivity contribution is -0.383. The molecule has 1 aliphatic heterocycles. The lowest BCUT2D eigenvalue weighted by Crippen LogP contribution is -2.41. The van der Waals surface area contributed by atoms with E-state index in [0.717, 1.165) is 36.5 Å². The SMILES string of the molecule is O=C(Nc1ccccc1[N+](=O)[O-])[C@H]1CCCN(c2ccc(-c3ccccc3)nn2)C1. The molecule has 0 aliphatic carbocycles. The minimum absolute atomic E-state index is 0.110. The number of aromatic nitrogens is 2. The molecule has 1 saturated heterocycles. The Bertz CT molecular complexity index is 1040. The molecule has 30 heavy (non-hydrogen) atoms. The van der Waals surface area contributed by atoms with Crippen LogP contribution in [0.25, 0.3) is 11.3 Å². The van der Waals surface area contributed by atoms with Gasteiger partial charge in [0.2, 0.25) is 5.91 Å². The number of anilines is 2. The number of para-hydroxylation sites is 2. The molecule has 1 aliphatic rings.